The minimum Gasteiger partial charge on any atom is -0.448 e. The Morgan fingerprint density at radius 1 is 1.20 bits per heavy atom. The van der Waals surface area contributed by atoms with Gasteiger partial charge >= 0.3 is 0 Å². The number of hydrogen-bond donors (Lipinski definition) is 3. The van der Waals surface area contributed by atoms with Crippen molar-refractivity contribution in [1.82, 2.24) is 0 Å². The second-order valence-corrected chi connectivity index (χ2v) is 8.22. The predicted octanol–water partition coefficient (Wildman–Crippen LogP) is 3.36. The summed E-state index contributed by atoms with van der Waals surface area (Å²) in [7, 11) is -3.56. The lowest BCUT2D eigenvalue weighted by Crippen LogP contribution is -2.39. The number of rotatable bonds is 4. The first-order chi connectivity index (χ1) is 12.0. The molecule has 0 aliphatic carbocycles. The van der Waals surface area contributed by atoms with Crippen LogP contribution in [0.5, 0.6) is 0 Å². The molecule has 0 saturated carbocycles. The van der Waals surface area contributed by atoms with Gasteiger partial charge in [0, 0.05) is 11.4 Å². The van der Waals surface area contributed by atoms with Gasteiger partial charge in [0.15, 0.2) is 0 Å². The standard InChI is InChI=1S/C16H14N4O3S2/c17-15-13-7-8-23-16(13)18-10-20(15)12-5-3-11(4-6-12)19-25(21,22)14-2-1-9-24-14/h1-9,17-19H,10H2. The first kappa shape index (κ1) is 15.7. The van der Waals surface area contributed by atoms with Crippen LogP contribution in [0.15, 0.2) is 62.7 Å². The summed E-state index contributed by atoms with van der Waals surface area (Å²) in [6.45, 7) is 0.402. The van der Waals surface area contributed by atoms with Crippen molar-refractivity contribution in [2.75, 3.05) is 21.6 Å². The molecule has 0 saturated heterocycles. The van der Waals surface area contributed by atoms with Crippen LogP contribution in [-0.2, 0) is 10.0 Å². The maximum atomic E-state index is 12.2. The van der Waals surface area contributed by atoms with Gasteiger partial charge in [0.25, 0.3) is 10.0 Å². The second kappa shape index (κ2) is 5.94. The molecule has 128 valence electrons. The highest BCUT2D eigenvalue weighted by molar-refractivity contribution is 7.94. The van der Waals surface area contributed by atoms with Crippen molar-refractivity contribution in [2.24, 2.45) is 0 Å². The lowest BCUT2D eigenvalue weighted by molar-refractivity contribution is 0.577. The third kappa shape index (κ3) is 2.87. The number of hydrogen-bond acceptors (Lipinski definition) is 6. The van der Waals surface area contributed by atoms with E-state index in [1.165, 1.54) is 17.6 Å². The third-order valence-corrected chi connectivity index (χ3v) is 6.56. The molecule has 3 N–H and O–H groups in total. The van der Waals surface area contributed by atoms with Crippen LogP contribution in [0.1, 0.15) is 5.56 Å². The van der Waals surface area contributed by atoms with Crippen LogP contribution in [0.4, 0.5) is 17.3 Å². The number of amidine groups is 1. The Kier molecular flexibility index (Phi) is 3.74. The number of nitrogens with zero attached hydrogens (tertiary/aromatic N) is 1. The number of anilines is 3. The molecule has 0 amide bonds. The van der Waals surface area contributed by atoms with Crippen LogP contribution >= 0.6 is 11.3 Å². The van der Waals surface area contributed by atoms with E-state index < -0.39 is 10.0 Å². The monoisotopic (exact) mass is 374 g/mol. The molecule has 0 unspecified atom stereocenters. The van der Waals surface area contributed by atoms with Crippen LogP contribution in [0.3, 0.4) is 0 Å². The van der Waals surface area contributed by atoms with Gasteiger partial charge in [-0.25, -0.2) is 8.42 Å². The minimum absolute atomic E-state index is 0.270. The Labute approximate surface area is 148 Å². The largest absolute Gasteiger partial charge is 0.448 e. The molecule has 1 aromatic carbocycles. The summed E-state index contributed by atoms with van der Waals surface area (Å²) in [5.41, 5.74) is 1.94. The van der Waals surface area contributed by atoms with Crippen molar-refractivity contribution in [3.63, 3.8) is 0 Å². The SMILES string of the molecule is N=C1c2ccoc2NCN1c1ccc(NS(=O)(=O)c2cccs2)cc1. The van der Waals surface area contributed by atoms with Crippen LogP contribution < -0.4 is 14.9 Å². The summed E-state index contributed by atoms with van der Waals surface area (Å²) in [5, 5.41) is 13.1. The number of fused-ring (bicyclic) bond motifs is 1. The van der Waals surface area contributed by atoms with Crippen molar-refractivity contribution < 1.29 is 12.8 Å². The normalized spacial score (nSPS) is 14.1. The molecule has 9 heteroatoms. The summed E-state index contributed by atoms with van der Waals surface area (Å²) < 4.78 is 32.6. The molecule has 0 fully saturated rings. The summed E-state index contributed by atoms with van der Waals surface area (Å²) in [4.78, 5) is 1.77. The zero-order valence-corrected chi connectivity index (χ0v) is 14.5. The molecule has 2 aromatic heterocycles. The van der Waals surface area contributed by atoms with E-state index in [0.717, 1.165) is 5.69 Å². The highest BCUT2D eigenvalue weighted by Gasteiger charge is 2.24. The maximum absolute atomic E-state index is 12.2. The van der Waals surface area contributed by atoms with Crippen molar-refractivity contribution in [3.05, 3.63) is 59.7 Å². The molecule has 1 aliphatic rings. The van der Waals surface area contributed by atoms with E-state index in [0.29, 0.717) is 29.6 Å². The highest BCUT2D eigenvalue weighted by Crippen LogP contribution is 2.28. The Morgan fingerprint density at radius 3 is 2.72 bits per heavy atom. The quantitative estimate of drug-likeness (QED) is 0.650. The summed E-state index contributed by atoms with van der Waals surface area (Å²) in [5.74, 6) is 0.913. The van der Waals surface area contributed by atoms with Gasteiger partial charge in [-0.05, 0) is 41.8 Å². The number of benzene rings is 1. The summed E-state index contributed by atoms with van der Waals surface area (Å²) >= 11 is 1.17. The molecule has 1 aliphatic heterocycles. The topological polar surface area (TPSA) is 98.4 Å². The van der Waals surface area contributed by atoms with E-state index in [4.69, 9.17) is 9.83 Å². The van der Waals surface area contributed by atoms with Gasteiger partial charge in [-0.15, -0.1) is 11.3 Å². The van der Waals surface area contributed by atoms with E-state index in [9.17, 15) is 8.42 Å². The minimum atomic E-state index is -3.56. The number of furan rings is 1. The number of sulfonamides is 1. The Balaban J connectivity index is 1.54. The summed E-state index contributed by atoms with van der Waals surface area (Å²) in [6.07, 6.45) is 1.54. The third-order valence-electron chi connectivity index (χ3n) is 3.78. The molecule has 3 heterocycles. The molecule has 7 nitrogen and oxygen atoms in total. The van der Waals surface area contributed by atoms with Gasteiger partial charge in [0.1, 0.15) is 10.0 Å². The molecule has 25 heavy (non-hydrogen) atoms. The molecule has 0 radical (unpaired) electrons. The van der Waals surface area contributed by atoms with Gasteiger partial charge < -0.3 is 14.6 Å². The van der Waals surface area contributed by atoms with Crippen molar-refractivity contribution in [1.29, 1.82) is 5.41 Å². The fourth-order valence-electron chi connectivity index (χ4n) is 2.56. The molecule has 0 atom stereocenters. The predicted molar refractivity (Wildman–Crippen MR) is 98.1 cm³/mol. The number of thiophene rings is 1. The molecular formula is C16H14N4O3S2. The zero-order valence-electron chi connectivity index (χ0n) is 12.9. The van der Waals surface area contributed by atoms with Crippen molar-refractivity contribution >= 4 is 44.5 Å². The first-order valence-electron chi connectivity index (χ1n) is 7.39. The van der Waals surface area contributed by atoms with Crippen molar-refractivity contribution in [2.45, 2.75) is 4.21 Å². The van der Waals surface area contributed by atoms with Gasteiger partial charge in [-0.2, -0.15) is 0 Å². The molecule has 3 aromatic rings. The van der Waals surface area contributed by atoms with Crippen molar-refractivity contribution in [3.8, 4) is 0 Å². The van der Waals surface area contributed by atoms with Gasteiger partial charge in [0.2, 0.25) is 5.88 Å². The van der Waals surface area contributed by atoms with Gasteiger partial charge in [0.05, 0.1) is 18.5 Å². The van der Waals surface area contributed by atoms with Crippen LogP contribution in [-0.4, -0.2) is 20.9 Å². The molecule has 0 spiro atoms. The highest BCUT2D eigenvalue weighted by atomic mass is 32.2. The fraction of sp³-hybridized carbons (Fsp3) is 0.0625. The maximum Gasteiger partial charge on any atom is 0.271 e. The molecule has 4 rings (SSSR count). The van der Waals surface area contributed by atoms with Crippen LogP contribution in [0.25, 0.3) is 0 Å². The fourth-order valence-corrected chi connectivity index (χ4v) is 4.61. The smallest absolute Gasteiger partial charge is 0.271 e. The van der Waals surface area contributed by atoms with E-state index in [2.05, 4.69) is 10.0 Å². The van der Waals surface area contributed by atoms with Crippen LogP contribution in [0, 0.1) is 5.41 Å². The van der Waals surface area contributed by atoms with E-state index >= 15 is 0 Å². The Hall–Kier alpha value is -2.78. The second-order valence-electron chi connectivity index (χ2n) is 5.36. The lowest BCUT2D eigenvalue weighted by atomic mass is 10.2. The Morgan fingerprint density at radius 2 is 2.00 bits per heavy atom. The van der Waals surface area contributed by atoms with Gasteiger partial charge in [-0.3, -0.25) is 10.1 Å². The van der Waals surface area contributed by atoms with E-state index in [1.807, 2.05) is 0 Å². The Bertz CT molecular complexity index is 1010. The van der Waals surface area contributed by atoms with Crippen LogP contribution in [0.2, 0.25) is 0 Å². The first-order valence-corrected chi connectivity index (χ1v) is 9.75. The molecule has 0 bridgehead atoms. The van der Waals surface area contributed by atoms with E-state index in [-0.39, 0.29) is 4.21 Å². The lowest BCUT2D eigenvalue weighted by Gasteiger charge is -2.29. The zero-order chi connectivity index (χ0) is 17.4. The van der Waals surface area contributed by atoms with Gasteiger partial charge in [-0.1, -0.05) is 6.07 Å². The van der Waals surface area contributed by atoms with E-state index in [1.54, 1.807) is 52.7 Å². The molecular weight excluding hydrogens is 360 g/mol. The number of nitrogens with one attached hydrogen (secondary N) is 3. The average molecular weight is 374 g/mol. The average Bonchev–Trinajstić information content (AvgIpc) is 3.28. The summed E-state index contributed by atoms with van der Waals surface area (Å²) in [6, 6.07) is 11.9.